The summed E-state index contributed by atoms with van der Waals surface area (Å²) in [6.45, 7) is 1.75. The van der Waals surface area contributed by atoms with Crippen molar-refractivity contribution in [3.05, 3.63) is 54.4 Å². The second kappa shape index (κ2) is 9.15. The molecule has 154 valence electrons. The fourth-order valence-corrected chi connectivity index (χ4v) is 4.11. The van der Waals surface area contributed by atoms with E-state index in [0.717, 1.165) is 16.7 Å². The molecule has 0 spiro atoms. The number of nitrogens with zero attached hydrogens (tertiary/aromatic N) is 3. The van der Waals surface area contributed by atoms with Crippen LogP contribution in [0.5, 0.6) is 0 Å². The average molecular weight is 397 g/mol. The van der Waals surface area contributed by atoms with Crippen LogP contribution >= 0.6 is 0 Å². The summed E-state index contributed by atoms with van der Waals surface area (Å²) in [5, 5.41) is 9.91. The maximum atomic E-state index is 12.2. The van der Waals surface area contributed by atoms with E-state index in [4.69, 9.17) is 4.74 Å². The van der Waals surface area contributed by atoms with Crippen molar-refractivity contribution in [1.29, 1.82) is 0 Å². The number of hydrogen-bond donors (Lipinski definition) is 1. The van der Waals surface area contributed by atoms with Crippen molar-refractivity contribution in [3.63, 3.8) is 0 Å². The highest BCUT2D eigenvalue weighted by atomic mass is 16.5. The first-order valence-corrected chi connectivity index (χ1v) is 9.61. The first-order chi connectivity index (χ1) is 14.0. The van der Waals surface area contributed by atoms with Crippen LogP contribution in [0, 0.1) is 0 Å². The van der Waals surface area contributed by atoms with Crippen LogP contribution in [-0.2, 0) is 14.3 Å². The monoisotopic (exact) mass is 397 g/mol. The smallest absolute Gasteiger partial charge is 0.248 e. The second-order valence-corrected chi connectivity index (χ2v) is 7.34. The minimum atomic E-state index is -0.298. The molecule has 29 heavy (non-hydrogen) atoms. The van der Waals surface area contributed by atoms with E-state index in [0.29, 0.717) is 6.54 Å². The Balaban J connectivity index is 1.84. The Morgan fingerprint density at radius 1 is 1.17 bits per heavy atom. The number of amides is 2. The normalized spacial score (nSPS) is 20.8. The number of aliphatic hydroxyl groups excluding tert-OH is 1. The first kappa shape index (κ1) is 21.0. The molecular weight excluding hydrogens is 370 g/mol. The van der Waals surface area contributed by atoms with Crippen LogP contribution in [0.15, 0.2) is 48.8 Å². The number of likely N-dealkylation sites (tertiary alicyclic amines) is 1. The molecule has 1 aromatic heterocycles. The second-order valence-electron chi connectivity index (χ2n) is 7.34. The zero-order valence-corrected chi connectivity index (χ0v) is 17.0. The van der Waals surface area contributed by atoms with Crippen LogP contribution in [0.2, 0.25) is 0 Å². The number of methoxy groups -OCH3 is 1. The maximum Gasteiger partial charge on any atom is 0.248 e. The van der Waals surface area contributed by atoms with E-state index in [1.165, 1.54) is 14.0 Å². The highest BCUT2D eigenvalue weighted by Crippen LogP contribution is 2.41. The van der Waals surface area contributed by atoms with Gasteiger partial charge in [0.25, 0.3) is 0 Å². The Morgan fingerprint density at radius 2 is 1.90 bits per heavy atom. The standard InChI is InChI=1S/C22H27N3O4/c1-15(27)25-19(12-24(2)21(28)14-29-3)22(20(25)13-26)17-8-6-16(7-9-17)18-5-4-10-23-11-18/h4-11,19-20,22,26H,12-14H2,1-3H3/t19-,20-,22+/m0/s1. The number of aromatic nitrogens is 1. The number of carbonyl (C=O) groups excluding carboxylic acids is 2. The number of hydrogen-bond acceptors (Lipinski definition) is 5. The van der Waals surface area contributed by atoms with Crippen molar-refractivity contribution in [2.24, 2.45) is 0 Å². The summed E-state index contributed by atoms with van der Waals surface area (Å²) < 4.78 is 4.92. The molecule has 0 saturated carbocycles. The van der Waals surface area contributed by atoms with Gasteiger partial charge >= 0.3 is 0 Å². The highest BCUT2D eigenvalue weighted by molar-refractivity contribution is 5.78. The van der Waals surface area contributed by atoms with Gasteiger partial charge in [-0.2, -0.15) is 0 Å². The van der Waals surface area contributed by atoms with Crippen molar-refractivity contribution in [3.8, 4) is 11.1 Å². The summed E-state index contributed by atoms with van der Waals surface area (Å²) in [6.07, 6.45) is 3.55. The van der Waals surface area contributed by atoms with E-state index in [-0.39, 0.29) is 43.0 Å². The van der Waals surface area contributed by atoms with E-state index in [9.17, 15) is 14.7 Å². The highest BCUT2D eigenvalue weighted by Gasteiger charge is 2.50. The number of rotatable bonds is 7. The van der Waals surface area contributed by atoms with Crippen molar-refractivity contribution in [2.45, 2.75) is 24.9 Å². The molecular formula is C22H27N3O4. The lowest BCUT2D eigenvalue weighted by Gasteiger charge is -2.55. The average Bonchev–Trinajstić information content (AvgIpc) is 2.71. The number of ether oxygens (including phenoxy) is 1. The fourth-order valence-electron chi connectivity index (χ4n) is 4.11. The molecule has 7 nitrogen and oxygen atoms in total. The van der Waals surface area contributed by atoms with Crippen LogP contribution in [0.4, 0.5) is 0 Å². The number of pyridine rings is 1. The summed E-state index contributed by atoms with van der Waals surface area (Å²) >= 11 is 0. The lowest BCUT2D eigenvalue weighted by atomic mass is 9.74. The number of carbonyl (C=O) groups is 2. The molecule has 7 heteroatoms. The predicted molar refractivity (Wildman–Crippen MR) is 109 cm³/mol. The van der Waals surface area contributed by atoms with E-state index in [1.807, 2.05) is 42.6 Å². The minimum Gasteiger partial charge on any atom is -0.394 e. The number of likely N-dealkylation sites (N-methyl/N-ethyl adjacent to an activating group) is 1. The zero-order valence-electron chi connectivity index (χ0n) is 17.0. The van der Waals surface area contributed by atoms with Crippen LogP contribution in [0.25, 0.3) is 11.1 Å². The van der Waals surface area contributed by atoms with Crippen molar-refractivity contribution < 1.29 is 19.4 Å². The van der Waals surface area contributed by atoms with E-state index in [2.05, 4.69) is 4.98 Å². The molecule has 1 aromatic carbocycles. The lowest BCUT2D eigenvalue weighted by Crippen LogP contribution is -2.68. The molecule has 2 amide bonds. The Hall–Kier alpha value is -2.77. The Bertz CT molecular complexity index is 841. The third-order valence-electron chi connectivity index (χ3n) is 5.54. The van der Waals surface area contributed by atoms with Gasteiger partial charge < -0.3 is 19.6 Å². The molecule has 0 radical (unpaired) electrons. The molecule has 1 fully saturated rings. The molecule has 3 rings (SSSR count). The van der Waals surface area contributed by atoms with E-state index in [1.54, 1.807) is 23.0 Å². The summed E-state index contributed by atoms with van der Waals surface area (Å²) in [4.78, 5) is 31.7. The topological polar surface area (TPSA) is 83.0 Å². The van der Waals surface area contributed by atoms with Gasteiger partial charge in [-0.05, 0) is 22.8 Å². The van der Waals surface area contributed by atoms with Gasteiger partial charge in [0.15, 0.2) is 0 Å². The molecule has 3 atom stereocenters. The summed E-state index contributed by atoms with van der Waals surface area (Å²) in [6, 6.07) is 11.5. The minimum absolute atomic E-state index is 0.00278. The van der Waals surface area contributed by atoms with Crippen molar-refractivity contribution in [2.75, 3.05) is 33.9 Å². The molecule has 0 unspecified atom stereocenters. The van der Waals surface area contributed by atoms with E-state index >= 15 is 0 Å². The molecule has 2 aromatic rings. The van der Waals surface area contributed by atoms with Gasteiger partial charge in [-0.25, -0.2) is 0 Å². The Morgan fingerprint density at radius 3 is 2.45 bits per heavy atom. The molecule has 0 bridgehead atoms. The molecule has 1 saturated heterocycles. The SMILES string of the molecule is COCC(=O)N(C)C[C@H]1[C@@H](c2ccc(-c3cccnc3)cc2)[C@H](CO)N1C(C)=O. The largest absolute Gasteiger partial charge is 0.394 e. The van der Waals surface area contributed by atoms with Crippen LogP contribution in [0.1, 0.15) is 18.4 Å². The molecule has 1 aliphatic rings. The zero-order chi connectivity index (χ0) is 21.0. The third kappa shape index (κ3) is 4.31. The van der Waals surface area contributed by atoms with Crippen LogP contribution < -0.4 is 0 Å². The summed E-state index contributed by atoms with van der Waals surface area (Å²) in [7, 11) is 3.18. The predicted octanol–water partition coefficient (Wildman–Crippen LogP) is 1.53. The van der Waals surface area contributed by atoms with Gasteiger partial charge in [-0.15, -0.1) is 0 Å². The number of aliphatic hydroxyl groups is 1. The molecule has 1 aliphatic heterocycles. The summed E-state index contributed by atoms with van der Waals surface area (Å²) in [5.41, 5.74) is 3.11. The third-order valence-corrected chi connectivity index (χ3v) is 5.54. The van der Waals surface area contributed by atoms with Gasteiger partial charge in [0.2, 0.25) is 11.8 Å². The maximum absolute atomic E-state index is 12.2. The first-order valence-electron chi connectivity index (χ1n) is 9.61. The Kier molecular flexibility index (Phi) is 6.61. The quantitative estimate of drug-likeness (QED) is 0.766. The molecule has 1 N–H and O–H groups in total. The number of benzene rings is 1. The van der Waals surface area contributed by atoms with Crippen molar-refractivity contribution in [1.82, 2.24) is 14.8 Å². The van der Waals surface area contributed by atoms with Gasteiger partial charge in [0.05, 0.1) is 18.7 Å². The van der Waals surface area contributed by atoms with E-state index < -0.39 is 0 Å². The van der Waals surface area contributed by atoms with Gasteiger partial charge in [0.1, 0.15) is 6.61 Å². The van der Waals surface area contributed by atoms with Crippen LogP contribution in [-0.4, -0.2) is 77.7 Å². The van der Waals surface area contributed by atoms with Crippen LogP contribution in [0.3, 0.4) is 0 Å². The van der Waals surface area contributed by atoms with Gasteiger partial charge in [-0.3, -0.25) is 14.6 Å². The Labute approximate surface area is 170 Å². The lowest BCUT2D eigenvalue weighted by molar-refractivity contribution is -0.152. The fraction of sp³-hybridized carbons (Fsp3) is 0.409. The van der Waals surface area contributed by atoms with Crippen molar-refractivity contribution >= 4 is 11.8 Å². The molecule has 2 heterocycles. The van der Waals surface area contributed by atoms with Gasteiger partial charge in [-0.1, -0.05) is 30.3 Å². The summed E-state index contributed by atoms with van der Waals surface area (Å²) in [5.74, 6) is -0.302. The van der Waals surface area contributed by atoms with Gasteiger partial charge in [0, 0.05) is 45.9 Å². The molecule has 0 aliphatic carbocycles.